The summed E-state index contributed by atoms with van der Waals surface area (Å²) in [6.45, 7) is 3.99. The standard InChI is InChI=1S/C16H15NO2/c1-12-3-7-14(8-4-12)16(11-17(18)19)15-9-5-13(2)6-10-15/h3-11H,1-2H3. The zero-order valence-corrected chi connectivity index (χ0v) is 11.0. The highest BCUT2D eigenvalue weighted by Gasteiger charge is 2.09. The molecular formula is C16H15NO2. The Balaban J connectivity index is 2.50. The van der Waals surface area contributed by atoms with Crippen molar-refractivity contribution in [1.29, 1.82) is 0 Å². The van der Waals surface area contributed by atoms with E-state index in [0.29, 0.717) is 5.57 Å². The van der Waals surface area contributed by atoms with Crippen molar-refractivity contribution in [3.8, 4) is 0 Å². The Kier molecular flexibility index (Phi) is 3.76. The van der Waals surface area contributed by atoms with Crippen LogP contribution in [0.25, 0.3) is 5.57 Å². The number of benzene rings is 2. The summed E-state index contributed by atoms with van der Waals surface area (Å²) >= 11 is 0. The van der Waals surface area contributed by atoms with Crippen molar-refractivity contribution in [2.24, 2.45) is 0 Å². The van der Waals surface area contributed by atoms with E-state index in [0.717, 1.165) is 28.5 Å². The molecule has 0 spiro atoms. The van der Waals surface area contributed by atoms with Gasteiger partial charge >= 0.3 is 0 Å². The van der Waals surface area contributed by atoms with Gasteiger partial charge in [-0.25, -0.2) is 0 Å². The molecular weight excluding hydrogens is 238 g/mol. The zero-order chi connectivity index (χ0) is 13.8. The number of hydrogen-bond acceptors (Lipinski definition) is 2. The summed E-state index contributed by atoms with van der Waals surface area (Å²) in [5.41, 5.74) is 4.60. The van der Waals surface area contributed by atoms with Gasteiger partial charge in [-0.05, 0) is 25.0 Å². The SMILES string of the molecule is Cc1ccc(C(=C[N+](=O)[O-])c2ccc(C)cc2)cc1. The third-order valence-electron chi connectivity index (χ3n) is 2.96. The molecule has 19 heavy (non-hydrogen) atoms. The summed E-state index contributed by atoms with van der Waals surface area (Å²) in [4.78, 5) is 10.4. The Bertz CT molecular complexity index is 563. The second-order valence-electron chi connectivity index (χ2n) is 4.56. The molecule has 0 N–H and O–H groups in total. The molecule has 0 aliphatic rings. The zero-order valence-electron chi connectivity index (χ0n) is 11.0. The molecule has 0 heterocycles. The Morgan fingerprint density at radius 1 is 0.895 bits per heavy atom. The van der Waals surface area contributed by atoms with Crippen molar-refractivity contribution in [3.05, 3.63) is 87.1 Å². The predicted octanol–water partition coefficient (Wildman–Crippen LogP) is 3.97. The quantitative estimate of drug-likeness (QED) is 0.613. The number of hydrogen-bond donors (Lipinski definition) is 0. The van der Waals surface area contributed by atoms with Crippen molar-refractivity contribution in [2.75, 3.05) is 0 Å². The van der Waals surface area contributed by atoms with Crippen LogP contribution in [0.5, 0.6) is 0 Å². The van der Waals surface area contributed by atoms with Crippen LogP contribution in [0, 0.1) is 24.0 Å². The highest BCUT2D eigenvalue weighted by atomic mass is 16.6. The summed E-state index contributed by atoms with van der Waals surface area (Å²) in [5, 5.41) is 10.8. The number of nitro groups is 1. The van der Waals surface area contributed by atoms with E-state index in [1.165, 1.54) is 0 Å². The van der Waals surface area contributed by atoms with E-state index < -0.39 is 4.92 Å². The van der Waals surface area contributed by atoms with E-state index >= 15 is 0 Å². The van der Waals surface area contributed by atoms with Crippen LogP contribution in [0.4, 0.5) is 0 Å². The molecule has 0 aromatic heterocycles. The molecule has 0 saturated carbocycles. The van der Waals surface area contributed by atoms with Crippen LogP contribution >= 0.6 is 0 Å². The van der Waals surface area contributed by atoms with Gasteiger partial charge in [0.1, 0.15) is 0 Å². The van der Waals surface area contributed by atoms with E-state index in [1.807, 2.05) is 62.4 Å². The van der Waals surface area contributed by atoms with Crippen LogP contribution < -0.4 is 0 Å². The fraction of sp³-hybridized carbons (Fsp3) is 0.125. The van der Waals surface area contributed by atoms with Gasteiger partial charge in [0, 0.05) is 0 Å². The van der Waals surface area contributed by atoms with Crippen molar-refractivity contribution in [3.63, 3.8) is 0 Å². The molecule has 0 aliphatic heterocycles. The van der Waals surface area contributed by atoms with E-state index in [4.69, 9.17) is 0 Å². The van der Waals surface area contributed by atoms with E-state index in [1.54, 1.807) is 0 Å². The molecule has 96 valence electrons. The molecule has 2 rings (SSSR count). The van der Waals surface area contributed by atoms with Gasteiger partial charge in [0.25, 0.3) is 0 Å². The average Bonchev–Trinajstić information content (AvgIpc) is 2.38. The Morgan fingerprint density at radius 3 is 1.58 bits per heavy atom. The minimum absolute atomic E-state index is 0.408. The fourth-order valence-corrected chi connectivity index (χ4v) is 1.89. The van der Waals surface area contributed by atoms with E-state index in [9.17, 15) is 10.1 Å². The van der Waals surface area contributed by atoms with Crippen molar-refractivity contribution >= 4 is 5.57 Å². The predicted molar refractivity (Wildman–Crippen MR) is 76.4 cm³/mol. The van der Waals surface area contributed by atoms with Gasteiger partial charge < -0.3 is 0 Å². The van der Waals surface area contributed by atoms with Gasteiger partial charge in [-0.15, -0.1) is 0 Å². The summed E-state index contributed by atoms with van der Waals surface area (Å²) in [6.07, 6.45) is 1.06. The highest BCUT2D eigenvalue weighted by Crippen LogP contribution is 2.24. The molecule has 3 heteroatoms. The Hall–Kier alpha value is -2.42. The van der Waals surface area contributed by atoms with Crippen LogP contribution in [0.15, 0.2) is 54.7 Å². The minimum atomic E-state index is -0.408. The Labute approximate surface area is 112 Å². The molecule has 2 aromatic rings. The van der Waals surface area contributed by atoms with Crippen molar-refractivity contribution in [2.45, 2.75) is 13.8 Å². The molecule has 0 atom stereocenters. The van der Waals surface area contributed by atoms with Gasteiger partial charge in [0.15, 0.2) is 0 Å². The van der Waals surface area contributed by atoms with Crippen LogP contribution in [0.3, 0.4) is 0 Å². The monoisotopic (exact) mass is 253 g/mol. The van der Waals surface area contributed by atoms with Gasteiger partial charge in [0.2, 0.25) is 6.20 Å². The lowest BCUT2D eigenvalue weighted by molar-refractivity contribution is -0.401. The maximum Gasteiger partial charge on any atom is 0.242 e. The lowest BCUT2D eigenvalue weighted by Gasteiger charge is -2.06. The number of aryl methyl sites for hydroxylation is 2. The molecule has 2 aromatic carbocycles. The first-order chi connectivity index (χ1) is 9.06. The molecule has 0 amide bonds. The first-order valence-corrected chi connectivity index (χ1v) is 6.05. The second kappa shape index (κ2) is 5.48. The molecule has 0 unspecified atom stereocenters. The normalized spacial score (nSPS) is 10.0. The maximum atomic E-state index is 10.8. The molecule has 3 nitrogen and oxygen atoms in total. The lowest BCUT2D eigenvalue weighted by Crippen LogP contribution is -1.94. The largest absolute Gasteiger partial charge is 0.259 e. The smallest absolute Gasteiger partial charge is 0.242 e. The number of nitrogens with zero attached hydrogens (tertiary/aromatic N) is 1. The topological polar surface area (TPSA) is 43.1 Å². The summed E-state index contributed by atoms with van der Waals surface area (Å²) in [7, 11) is 0. The van der Waals surface area contributed by atoms with E-state index in [2.05, 4.69) is 0 Å². The van der Waals surface area contributed by atoms with Crippen LogP contribution in [0.1, 0.15) is 22.3 Å². The molecule has 0 bridgehead atoms. The highest BCUT2D eigenvalue weighted by molar-refractivity contribution is 5.79. The van der Waals surface area contributed by atoms with Gasteiger partial charge in [-0.3, -0.25) is 10.1 Å². The first-order valence-electron chi connectivity index (χ1n) is 6.05. The average molecular weight is 253 g/mol. The fourth-order valence-electron chi connectivity index (χ4n) is 1.89. The van der Waals surface area contributed by atoms with Crippen molar-refractivity contribution < 1.29 is 4.92 Å². The molecule has 0 aliphatic carbocycles. The molecule has 0 fully saturated rings. The van der Waals surface area contributed by atoms with Crippen LogP contribution in [0.2, 0.25) is 0 Å². The maximum absolute atomic E-state index is 10.8. The van der Waals surface area contributed by atoms with Crippen LogP contribution in [-0.2, 0) is 0 Å². The summed E-state index contributed by atoms with van der Waals surface area (Å²) in [6, 6.07) is 15.5. The summed E-state index contributed by atoms with van der Waals surface area (Å²) < 4.78 is 0. The van der Waals surface area contributed by atoms with Crippen molar-refractivity contribution in [1.82, 2.24) is 0 Å². The first kappa shape index (κ1) is 13.0. The molecule has 0 saturated heterocycles. The van der Waals surface area contributed by atoms with E-state index in [-0.39, 0.29) is 0 Å². The Morgan fingerprint density at radius 2 is 1.26 bits per heavy atom. The lowest BCUT2D eigenvalue weighted by atomic mass is 9.97. The van der Waals surface area contributed by atoms with Gasteiger partial charge in [0.05, 0.1) is 10.5 Å². The third-order valence-corrected chi connectivity index (χ3v) is 2.96. The van der Waals surface area contributed by atoms with Gasteiger partial charge in [-0.2, -0.15) is 0 Å². The summed E-state index contributed by atoms with van der Waals surface area (Å²) in [5.74, 6) is 0. The minimum Gasteiger partial charge on any atom is -0.259 e. The second-order valence-corrected chi connectivity index (χ2v) is 4.56. The number of rotatable bonds is 3. The van der Waals surface area contributed by atoms with Gasteiger partial charge in [-0.1, -0.05) is 59.7 Å². The molecule has 0 radical (unpaired) electrons. The van der Waals surface area contributed by atoms with Crippen LogP contribution in [-0.4, -0.2) is 4.92 Å². The third kappa shape index (κ3) is 3.28.